The molecule has 0 atom stereocenters. The van der Waals surface area contributed by atoms with E-state index in [4.69, 9.17) is 8.83 Å². The van der Waals surface area contributed by atoms with Crippen LogP contribution in [0.3, 0.4) is 0 Å². The molecule has 0 aliphatic carbocycles. The zero-order valence-electron chi connectivity index (χ0n) is 13.7. The number of carbonyl (C=O) groups is 1. The fourth-order valence-corrected chi connectivity index (χ4v) is 2.09. The number of aryl methyl sites for hydroxylation is 2. The molecule has 1 amide bonds. The van der Waals surface area contributed by atoms with Crippen molar-refractivity contribution >= 4 is 5.91 Å². The highest BCUT2D eigenvalue weighted by molar-refractivity contribution is 5.77. The SMILES string of the molecule is Cc1nc(C(C)(C)C)oc1CCCNC(=O)Cc1ccco1. The zero-order chi connectivity index (χ0) is 16.2. The monoisotopic (exact) mass is 304 g/mol. The first kappa shape index (κ1) is 16.3. The van der Waals surface area contributed by atoms with Crippen LogP contribution in [-0.4, -0.2) is 17.4 Å². The largest absolute Gasteiger partial charge is 0.469 e. The molecule has 2 rings (SSSR count). The smallest absolute Gasteiger partial charge is 0.227 e. The summed E-state index contributed by atoms with van der Waals surface area (Å²) >= 11 is 0. The van der Waals surface area contributed by atoms with Crippen LogP contribution in [0.15, 0.2) is 27.2 Å². The third-order valence-corrected chi connectivity index (χ3v) is 3.35. The van der Waals surface area contributed by atoms with Crippen LogP contribution < -0.4 is 5.32 Å². The van der Waals surface area contributed by atoms with Gasteiger partial charge < -0.3 is 14.2 Å². The van der Waals surface area contributed by atoms with Gasteiger partial charge in [-0.05, 0) is 25.5 Å². The quantitative estimate of drug-likeness (QED) is 0.832. The summed E-state index contributed by atoms with van der Waals surface area (Å²) in [7, 11) is 0. The van der Waals surface area contributed by atoms with Crippen molar-refractivity contribution in [2.45, 2.75) is 52.4 Å². The Bertz CT molecular complexity index is 606. The van der Waals surface area contributed by atoms with Gasteiger partial charge in [0.1, 0.15) is 11.5 Å². The summed E-state index contributed by atoms with van der Waals surface area (Å²) in [6, 6.07) is 3.58. The maximum atomic E-state index is 11.7. The first-order valence-electron chi connectivity index (χ1n) is 7.62. The maximum absolute atomic E-state index is 11.7. The summed E-state index contributed by atoms with van der Waals surface area (Å²) in [5.41, 5.74) is 0.854. The van der Waals surface area contributed by atoms with Crippen LogP contribution in [0.4, 0.5) is 0 Å². The molecular weight excluding hydrogens is 280 g/mol. The van der Waals surface area contributed by atoms with Crippen LogP contribution in [0, 0.1) is 6.92 Å². The van der Waals surface area contributed by atoms with Crippen molar-refractivity contribution in [2.75, 3.05) is 6.54 Å². The summed E-state index contributed by atoms with van der Waals surface area (Å²) in [6.07, 6.45) is 3.45. The Morgan fingerprint density at radius 2 is 2.14 bits per heavy atom. The van der Waals surface area contributed by atoms with Gasteiger partial charge in [-0.2, -0.15) is 0 Å². The van der Waals surface area contributed by atoms with Crippen LogP contribution >= 0.6 is 0 Å². The highest BCUT2D eigenvalue weighted by Crippen LogP contribution is 2.24. The van der Waals surface area contributed by atoms with Crippen LogP contribution in [0.5, 0.6) is 0 Å². The molecule has 0 saturated carbocycles. The van der Waals surface area contributed by atoms with E-state index in [1.807, 2.05) is 6.92 Å². The van der Waals surface area contributed by atoms with Crippen molar-refractivity contribution in [3.63, 3.8) is 0 Å². The third kappa shape index (κ3) is 4.48. The Labute approximate surface area is 131 Å². The van der Waals surface area contributed by atoms with Gasteiger partial charge in [-0.25, -0.2) is 4.98 Å². The van der Waals surface area contributed by atoms with E-state index in [9.17, 15) is 4.79 Å². The molecule has 0 radical (unpaired) electrons. The lowest BCUT2D eigenvalue weighted by Gasteiger charge is -2.12. The number of amides is 1. The molecule has 1 N–H and O–H groups in total. The molecule has 0 bridgehead atoms. The zero-order valence-corrected chi connectivity index (χ0v) is 13.7. The van der Waals surface area contributed by atoms with Crippen LogP contribution in [0.2, 0.25) is 0 Å². The normalized spacial score (nSPS) is 11.6. The molecular formula is C17H24N2O3. The number of carbonyl (C=O) groups excluding carboxylic acids is 1. The van der Waals surface area contributed by atoms with Gasteiger partial charge in [-0.15, -0.1) is 0 Å². The molecule has 0 saturated heterocycles. The molecule has 0 aliphatic rings. The number of hydrogen-bond acceptors (Lipinski definition) is 4. The van der Waals surface area contributed by atoms with Gasteiger partial charge in [0.25, 0.3) is 0 Å². The number of nitrogens with one attached hydrogen (secondary N) is 1. The van der Waals surface area contributed by atoms with Crippen molar-refractivity contribution in [3.8, 4) is 0 Å². The van der Waals surface area contributed by atoms with Crippen LogP contribution in [0.25, 0.3) is 0 Å². The van der Waals surface area contributed by atoms with Crippen LogP contribution in [0.1, 0.15) is 50.3 Å². The topological polar surface area (TPSA) is 68.3 Å². The molecule has 0 aromatic carbocycles. The second kappa shape index (κ2) is 6.81. The number of aromatic nitrogens is 1. The number of hydrogen-bond donors (Lipinski definition) is 1. The maximum Gasteiger partial charge on any atom is 0.227 e. The molecule has 2 heterocycles. The van der Waals surface area contributed by atoms with E-state index in [-0.39, 0.29) is 17.7 Å². The minimum Gasteiger partial charge on any atom is -0.469 e. The highest BCUT2D eigenvalue weighted by atomic mass is 16.4. The molecule has 120 valence electrons. The van der Waals surface area contributed by atoms with Crippen molar-refractivity contribution in [3.05, 3.63) is 41.5 Å². The summed E-state index contributed by atoms with van der Waals surface area (Å²) in [4.78, 5) is 16.2. The predicted octanol–water partition coefficient (Wildman–Crippen LogP) is 3.17. The first-order valence-corrected chi connectivity index (χ1v) is 7.62. The van der Waals surface area contributed by atoms with Crippen molar-refractivity contribution in [1.82, 2.24) is 10.3 Å². The predicted molar refractivity (Wildman–Crippen MR) is 83.7 cm³/mol. The first-order chi connectivity index (χ1) is 10.4. The molecule has 0 spiro atoms. The minimum atomic E-state index is -0.0831. The number of furan rings is 1. The summed E-state index contributed by atoms with van der Waals surface area (Å²) in [5, 5.41) is 2.89. The highest BCUT2D eigenvalue weighted by Gasteiger charge is 2.22. The van der Waals surface area contributed by atoms with Crippen molar-refractivity contribution < 1.29 is 13.6 Å². The lowest BCUT2D eigenvalue weighted by molar-refractivity contribution is -0.120. The molecule has 0 fully saturated rings. The fourth-order valence-electron chi connectivity index (χ4n) is 2.09. The van der Waals surface area contributed by atoms with E-state index in [0.717, 1.165) is 30.2 Å². The summed E-state index contributed by atoms with van der Waals surface area (Å²) < 4.78 is 11.0. The van der Waals surface area contributed by atoms with E-state index in [1.54, 1.807) is 18.4 Å². The average molecular weight is 304 g/mol. The minimum absolute atomic E-state index is 0.0281. The summed E-state index contributed by atoms with van der Waals surface area (Å²) in [6.45, 7) is 8.82. The average Bonchev–Trinajstić information content (AvgIpc) is 3.04. The second-order valence-electron chi connectivity index (χ2n) is 6.49. The number of rotatable bonds is 6. The molecule has 0 aliphatic heterocycles. The van der Waals surface area contributed by atoms with Gasteiger partial charge in [-0.3, -0.25) is 4.79 Å². The van der Waals surface area contributed by atoms with Crippen molar-refractivity contribution in [1.29, 1.82) is 0 Å². The third-order valence-electron chi connectivity index (χ3n) is 3.35. The van der Waals surface area contributed by atoms with Gasteiger partial charge in [0.2, 0.25) is 5.91 Å². The summed E-state index contributed by atoms with van der Waals surface area (Å²) in [5.74, 6) is 2.32. The Kier molecular flexibility index (Phi) is 5.06. The van der Waals surface area contributed by atoms with E-state index < -0.39 is 0 Å². The van der Waals surface area contributed by atoms with Gasteiger partial charge in [0, 0.05) is 18.4 Å². The second-order valence-corrected chi connectivity index (χ2v) is 6.49. The van der Waals surface area contributed by atoms with E-state index in [0.29, 0.717) is 12.3 Å². The standard InChI is InChI=1S/C17H24N2O3/c1-12-14(22-16(19-12)17(2,3)4)8-5-9-18-15(20)11-13-7-6-10-21-13/h6-7,10H,5,8-9,11H2,1-4H3,(H,18,20). The van der Waals surface area contributed by atoms with E-state index >= 15 is 0 Å². The van der Waals surface area contributed by atoms with E-state index in [2.05, 4.69) is 31.1 Å². The number of oxazole rings is 1. The lowest BCUT2D eigenvalue weighted by Crippen LogP contribution is -2.26. The Morgan fingerprint density at radius 1 is 1.36 bits per heavy atom. The molecule has 5 heteroatoms. The van der Waals surface area contributed by atoms with Gasteiger partial charge in [-0.1, -0.05) is 20.8 Å². The molecule has 5 nitrogen and oxygen atoms in total. The molecule has 0 unspecified atom stereocenters. The molecule has 2 aromatic heterocycles. The van der Waals surface area contributed by atoms with E-state index in [1.165, 1.54) is 0 Å². The lowest BCUT2D eigenvalue weighted by atomic mass is 9.97. The number of nitrogens with zero attached hydrogens (tertiary/aromatic N) is 1. The van der Waals surface area contributed by atoms with Crippen molar-refractivity contribution in [2.24, 2.45) is 0 Å². The Hall–Kier alpha value is -2.04. The fraction of sp³-hybridized carbons (Fsp3) is 0.529. The van der Waals surface area contributed by atoms with Crippen LogP contribution in [-0.2, 0) is 23.1 Å². The molecule has 2 aromatic rings. The van der Waals surface area contributed by atoms with Gasteiger partial charge in [0.15, 0.2) is 5.89 Å². The van der Waals surface area contributed by atoms with Gasteiger partial charge in [0.05, 0.1) is 18.4 Å². The Balaban J connectivity index is 1.75. The molecule has 22 heavy (non-hydrogen) atoms. The van der Waals surface area contributed by atoms with Gasteiger partial charge >= 0.3 is 0 Å². The Morgan fingerprint density at radius 3 is 2.73 bits per heavy atom.